The Morgan fingerprint density at radius 2 is 1.82 bits per heavy atom. The number of nitrogens with zero attached hydrogens (tertiary/aromatic N) is 6. The predicted molar refractivity (Wildman–Crippen MR) is 151 cm³/mol. The van der Waals surface area contributed by atoms with E-state index in [-0.39, 0.29) is 5.75 Å². The number of methoxy groups -OCH3 is 1. The topological polar surface area (TPSA) is 77.1 Å². The zero-order valence-electron chi connectivity index (χ0n) is 21.0. The maximum atomic E-state index is 12.4. The molecule has 0 radical (unpaired) electrons. The van der Waals surface area contributed by atoms with Crippen molar-refractivity contribution in [2.75, 3.05) is 24.3 Å². The first-order chi connectivity index (χ1) is 19.3. The summed E-state index contributed by atoms with van der Waals surface area (Å²) in [5.41, 5.74) is 2.91. The van der Waals surface area contributed by atoms with Crippen LogP contribution in [-0.2, 0) is 0 Å². The van der Waals surface area contributed by atoms with Crippen LogP contribution in [0.5, 0.6) is 11.5 Å². The lowest BCUT2D eigenvalue weighted by atomic mass is 10.1. The Labute approximate surface area is 237 Å². The van der Waals surface area contributed by atoms with Crippen molar-refractivity contribution in [1.29, 1.82) is 0 Å². The Bertz CT molecular complexity index is 1520. The van der Waals surface area contributed by atoms with Crippen molar-refractivity contribution in [1.82, 2.24) is 14.8 Å². The molecule has 0 bridgehead atoms. The van der Waals surface area contributed by atoms with E-state index in [2.05, 4.69) is 25.0 Å². The molecule has 0 N–H and O–H groups in total. The molecule has 0 unspecified atom stereocenters. The van der Waals surface area contributed by atoms with Crippen LogP contribution in [0.4, 0.5) is 18.9 Å². The monoisotopic (exact) mass is 586 g/mol. The number of para-hydroxylation sites is 1. The fourth-order valence-electron chi connectivity index (χ4n) is 3.96. The van der Waals surface area contributed by atoms with Gasteiger partial charge in [-0.1, -0.05) is 53.7 Å². The zero-order chi connectivity index (χ0) is 28.1. The van der Waals surface area contributed by atoms with Crippen LogP contribution in [0, 0.1) is 0 Å². The molecule has 3 aromatic carbocycles. The lowest BCUT2D eigenvalue weighted by Crippen LogP contribution is -2.34. The van der Waals surface area contributed by atoms with Crippen LogP contribution in [0.25, 0.3) is 17.1 Å². The number of thioether (sulfide) groups is 1. The zero-order valence-corrected chi connectivity index (χ0v) is 22.6. The molecule has 0 aliphatic carbocycles. The number of halogens is 4. The number of anilines is 1. The van der Waals surface area contributed by atoms with Crippen molar-refractivity contribution in [2.45, 2.75) is 12.8 Å². The molecule has 1 aromatic heterocycles. The van der Waals surface area contributed by atoms with Crippen LogP contribution in [0.3, 0.4) is 0 Å². The Morgan fingerprint density at radius 3 is 2.55 bits per heavy atom. The van der Waals surface area contributed by atoms with Gasteiger partial charge < -0.3 is 14.4 Å². The van der Waals surface area contributed by atoms with E-state index in [1.54, 1.807) is 25.1 Å². The summed E-state index contributed by atoms with van der Waals surface area (Å²) in [4.78, 5) is 6.33. The molecule has 13 heteroatoms. The van der Waals surface area contributed by atoms with Crippen LogP contribution < -0.4 is 14.4 Å². The molecule has 0 atom stereocenters. The minimum atomic E-state index is -4.74. The molecule has 4 aromatic rings. The van der Waals surface area contributed by atoms with Crippen molar-refractivity contribution < 1.29 is 22.6 Å². The molecule has 1 aliphatic rings. The molecule has 206 valence electrons. The van der Waals surface area contributed by atoms with Gasteiger partial charge in [-0.05, 0) is 48.4 Å². The molecule has 0 spiro atoms. The maximum absolute atomic E-state index is 12.4. The van der Waals surface area contributed by atoms with Crippen LogP contribution in [0.15, 0.2) is 83.3 Å². The number of rotatable bonds is 7. The average Bonchev–Trinajstić information content (AvgIpc) is 3.44. The van der Waals surface area contributed by atoms with Crippen molar-refractivity contribution in [3.8, 4) is 28.6 Å². The lowest BCUT2D eigenvalue weighted by molar-refractivity contribution is -0.274. The molecule has 0 amide bonds. The minimum Gasteiger partial charge on any atom is -0.495 e. The summed E-state index contributed by atoms with van der Waals surface area (Å²) < 4.78 is 48.0. The molecular formula is C27H22ClF3N6O2S. The van der Waals surface area contributed by atoms with E-state index in [4.69, 9.17) is 16.3 Å². The van der Waals surface area contributed by atoms with Crippen LogP contribution >= 0.6 is 23.4 Å². The standard InChI is InChI=1S/C27H22ClF3N6O2S/c1-38-23-5-2-4-22(28)24(23)36-14-3-15-40-26(36)34-33-16-18-6-8-19(9-7-18)25-32-17-37(35-25)20-10-12-21(13-11-20)39-27(29,30)31/h2,4-13,16-17H,3,14-15H2,1H3/b33-16+,34-26-. The largest absolute Gasteiger partial charge is 0.573 e. The van der Waals surface area contributed by atoms with Crippen molar-refractivity contribution in [3.05, 3.63) is 83.6 Å². The molecule has 1 fully saturated rings. The number of aromatic nitrogens is 3. The number of benzene rings is 3. The van der Waals surface area contributed by atoms with E-state index >= 15 is 0 Å². The number of amidine groups is 1. The van der Waals surface area contributed by atoms with Crippen LogP contribution in [-0.4, -0.2) is 51.9 Å². The summed E-state index contributed by atoms with van der Waals surface area (Å²) in [6.45, 7) is 0.751. The molecule has 1 saturated heterocycles. The van der Waals surface area contributed by atoms with Gasteiger partial charge in [0, 0.05) is 17.9 Å². The van der Waals surface area contributed by atoms with E-state index in [1.807, 2.05) is 47.4 Å². The van der Waals surface area contributed by atoms with Gasteiger partial charge in [0.25, 0.3) is 0 Å². The fourth-order valence-corrected chi connectivity index (χ4v) is 5.12. The highest BCUT2D eigenvalue weighted by Crippen LogP contribution is 2.38. The summed E-state index contributed by atoms with van der Waals surface area (Å²) in [6, 6.07) is 18.3. The second kappa shape index (κ2) is 12.0. The number of hydrogen-bond donors (Lipinski definition) is 0. The molecule has 0 saturated carbocycles. The average molecular weight is 587 g/mol. The van der Waals surface area contributed by atoms with Gasteiger partial charge in [0.05, 0.1) is 24.0 Å². The third-order valence-corrected chi connectivity index (χ3v) is 7.13. The molecule has 8 nitrogen and oxygen atoms in total. The van der Waals surface area contributed by atoms with Gasteiger partial charge in [-0.25, -0.2) is 9.67 Å². The normalized spacial score (nSPS) is 15.1. The van der Waals surface area contributed by atoms with Crippen molar-refractivity contribution in [2.24, 2.45) is 10.2 Å². The quantitative estimate of drug-likeness (QED) is 0.175. The maximum Gasteiger partial charge on any atom is 0.573 e. The Balaban J connectivity index is 1.27. The fraction of sp³-hybridized carbons (Fsp3) is 0.185. The first-order valence-electron chi connectivity index (χ1n) is 12.0. The summed E-state index contributed by atoms with van der Waals surface area (Å²) in [5, 5.41) is 14.5. The number of alkyl halides is 3. The summed E-state index contributed by atoms with van der Waals surface area (Å²) in [7, 11) is 1.61. The third-order valence-electron chi connectivity index (χ3n) is 5.77. The van der Waals surface area contributed by atoms with Gasteiger partial charge in [-0.2, -0.15) is 5.10 Å². The third kappa shape index (κ3) is 6.57. The molecule has 40 heavy (non-hydrogen) atoms. The SMILES string of the molecule is COc1cccc(Cl)c1N1CCCS/C1=N\N=C\c1ccc(-c2ncn(-c3ccc(OC(F)(F)F)cc3)n2)cc1. The van der Waals surface area contributed by atoms with Crippen molar-refractivity contribution in [3.63, 3.8) is 0 Å². The molecular weight excluding hydrogens is 565 g/mol. The highest BCUT2D eigenvalue weighted by atomic mass is 35.5. The van der Waals surface area contributed by atoms with Crippen molar-refractivity contribution >= 4 is 40.4 Å². The van der Waals surface area contributed by atoms with Crippen LogP contribution in [0.2, 0.25) is 5.02 Å². The predicted octanol–water partition coefficient (Wildman–Crippen LogP) is 6.83. The molecule has 2 heterocycles. The Morgan fingerprint density at radius 1 is 1.05 bits per heavy atom. The second-order valence-electron chi connectivity index (χ2n) is 8.45. The van der Waals surface area contributed by atoms with E-state index in [9.17, 15) is 13.2 Å². The van der Waals surface area contributed by atoms with Crippen LogP contribution in [0.1, 0.15) is 12.0 Å². The molecule has 1 aliphatic heterocycles. The van der Waals surface area contributed by atoms with Gasteiger partial charge in [-0.15, -0.1) is 23.4 Å². The smallest absolute Gasteiger partial charge is 0.495 e. The van der Waals surface area contributed by atoms with E-state index in [0.29, 0.717) is 22.3 Å². The molecule has 5 rings (SSSR count). The number of ether oxygens (including phenoxy) is 2. The summed E-state index contributed by atoms with van der Waals surface area (Å²) >= 11 is 8.09. The first kappa shape index (κ1) is 27.5. The van der Waals surface area contributed by atoms with Gasteiger partial charge in [0.15, 0.2) is 11.0 Å². The minimum absolute atomic E-state index is 0.308. The highest BCUT2D eigenvalue weighted by Gasteiger charge is 2.31. The Kier molecular flexibility index (Phi) is 8.27. The van der Waals surface area contributed by atoms with Gasteiger partial charge >= 0.3 is 6.36 Å². The van der Waals surface area contributed by atoms with Gasteiger partial charge in [-0.3, -0.25) is 0 Å². The van der Waals surface area contributed by atoms with E-state index in [0.717, 1.165) is 40.7 Å². The highest BCUT2D eigenvalue weighted by molar-refractivity contribution is 8.14. The lowest BCUT2D eigenvalue weighted by Gasteiger charge is -2.30. The summed E-state index contributed by atoms with van der Waals surface area (Å²) in [5.74, 6) is 1.75. The Hall–Kier alpha value is -4.03. The van der Waals surface area contributed by atoms with Gasteiger partial charge in [0.1, 0.15) is 23.5 Å². The first-order valence-corrected chi connectivity index (χ1v) is 13.4. The number of hydrogen-bond acceptors (Lipinski definition) is 7. The second-order valence-corrected chi connectivity index (χ2v) is 9.92. The van der Waals surface area contributed by atoms with E-state index < -0.39 is 6.36 Å². The van der Waals surface area contributed by atoms with Gasteiger partial charge in [0.2, 0.25) is 0 Å². The summed E-state index contributed by atoms with van der Waals surface area (Å²) in [6.07, 6.45) is -0.622. The van der Waals surface area contributed by atoms with E-state index in [1.165, 1.54) is 35.3 Å².